The first-order chi connectivity index (χ1) is 11.1. The number of benzene rings is 1. The quantitative estimate of drug-likeness (QED) is 0.425. The van der Waals surface area contributed by atoms with Gasteiger partial charge in [-0.2, -0.15) is 44.3 Å². The monoisotopic (exact) mass is 520 g/mol. The maximum atomic E-state index is 10.3. The summed E-state index contributed by atoms with van der Waals surface area (Å²) in [7, 11) is -4.11. The van der Waals surface area contributed by atoms with Crippen LogP contribution in [0.15, 0.2) is 78.1 Å². The number of aromatic nitrogens is 2. The van der Waals surface area contributed by atoms with E-state index in [9.17, 15) is 8.42 Å². The summed E-state index contributed by atoms with van der Waals surface area (Å²) in [5.74, 6) is 0. The van der Waals surface area contributed by atoms with E-state index in [0.29, 0.717) is 0 Å². The maximum absolute atomic E-state index is 10.3. The Morgan fingerprint density at radius 3 is 2.04 bits per heavy atom. The molecule has 3 rings (SSSR count). The van der Waals surface area contributed by atoms with Crippen molar-refractivity contribution in [3.8, 4) is 0 Å². The molecule has 0 atom stereocenters. The minimum atomic E-state index is -4.11. The smallest absolute Gasteiger partial charge is 0.281 e. The van der Waals surface area contributed by atoms with Crippen molar-refractivity contribution >= 4 is 10.1 Å². The van der Waals surface area contributed by atoms with E-state index in [-0.39, 0.29) is 25.1 Å². The van der Waals surface area contributed by atoms with E-state index in [2.05, 4.69) is 22.1 Å². The predicted molar refractivity (Wildman–Crippen MR) is 86.4 cm³/mol. The largest absolute Gasteiger partial charge is 0.312 e. The molecule has 3 aromatic rings. The van der Waals surface area contributed by atoms with Gasteiger partial charge in [-0.3, -0.25) is 9.54 Å². The van der Waals surface area contributed by atoms with Crippen LogP contribution in [0.5, 0.6) is 0 Å². The Balaban J connectivity index is 0.000000238. The predicted octanol–water partition coefficient (Wildman–Crippen LogP) is 2.80. The molecule has 7 heteroatoms. The number of nitrogens with zero attached hydrogens (tertiary/aromatic N) is 2. The fraction of sp³-hybridized carbons (Fsp3) is 0.0588. The third-order valence-electron chi connectivity index (χ3n) is 2.77. The standard InChI is InChI=1S/C12H10N.C5H5NO3S.Ir/c1-2-6-11(7-3-1)10-12-8-4-5-9-13-12;7-10(8,9)5-3-1-2-4-6-5;/h1-6,8-9H,10H2;1-4H,(H,7,8,9);/q-1;;. The van der Waals surface area contributed by atoms with Crippen molar-refractivity contribution in [1.82, 2.24) is 9.97 Å². The van der Waals surface area contributed by atoms with E-state index in [1.807, 2.05) is 42.6 Å². The van der Waals surface area contributed by atoms with Crippen molar-refractivity contribution in [1.29, 1.82) is 0 Å². The summed E-state index contributed by atoms with van der Waals surface area (Å²) in [6.45, 7) is 0. The molecule has 0 aliphatic carbocycles. The van der Waals surface area contributed by atoms with Crippen molar-refractivity contribution in [2.45, 2.75) is 11.4 Å². The molecule has 1 radical (unpaired) electrons. The zero-order chi connectivity index (χ0) is 16.5. The molecular weight excluding hydrogens is 504 g/mol. The van der Waals surface area contributed by atoms with Crippen molar-refractivity contribution in [2.75, 3.05) is 0 Å². The van der Waals surface area contributed by atoms with E-state index in [0.717, 1.165) is 12.1 Å². The molecule has 2 aromatic heterocycles. The first kappa shape index (κ1) is 20.1. The summed E-state index contributed by atoms with van der Waals surface area (Å²) in [6, 6.07) is 21.4. The van der Waals surface area contributed by atoms with E-state index >= 15 is 0 Å². The minimum absolute atomic E-state index is 0. The number of rotatable bonds is 3. The van der Waals surface area contributed by atoms with Crippen LogP contribution in [0.3, 0.4) is 0 Å². The van der Waals surface area contributed by atoms with Gasteiger partial charge in [0.1, 0.15) is 0 Å². The SMILES string of the molecule is O=S(=O)(O)c1ccccn1.[Ir].[c-]1ccccc1Cc1ccccn1. The van der Waals surface area contributed by atoms with Crippen LogP contribution in [-0.2, 0) is 36.6 Å². The Morgan fingerprint density at radius 1 is 0.917 bits per heavy atom. The second-order valence-electron chi connectivity index (χ2n) is 4.53. The molecule has 0 saturated carbocycles. The fourth-order valence-electron chi connectivity index (χ4n) is 1.74. The van der Waals surface area contributed by atoms with Gasteiger partial charge in [-0.1, -0.05) is 12.1 Å². The van der Waals surface area contributed by atoms with Gasteiger partial charge in [0, 0.05) is 38.2 Å². The average Bonchev–Trinajstić information content (AvgIpc) is 2.57. The normalized spacial score (nSPS) is 10.0. The summed E-state index contributed by atoms with van der Waals surface area (Å²) in [6.07, 6.45) is 3.98. The van der Waals surface area contributed by atoms with Crippen molar-refractivity contribution in [3.63, 3.8) is 0 Å². The second-order valence-corrected chi connectivity index (χ2v) is 5.90. The molecule has 0 bridgehead atoms. The first-order valence-corrected chi connectivity index (χ1v) is 8.24. The summed E-state index contributed by atoms with van der Waals surface area (Å²) >= 11 is 0. The van der Waals surface area contributed by atoms with Gasteiger partial charge in [0.05, 0.1) is 0 Å². The molecule has 24 heavy (non-hydrogen) atoms. The van der Waals surface area contributed by atoms with E-state index in [4.69, 9.17) is 4.55 Å². The molecule has 0 aliphatic rings. The van der Waals surface area contributed by atoms with Crippen LogP contribution in [0.25, 0.3) is 0 Å². The van der Waals surface area contributed by atoms with Crippen LogP contribution in [-0.4, -0.2) is 22.9 Å². The van der Waals surface area contributed by atoms with Crippen LogP contribution in [0.1, 0.15) is 11.3 Å². The van der Waals surface area contributed by atoms with Crippen LogP contribution in [0.4, 0.5) is 0 Å². The topological polar surface area (TPSA) is 80.2 Å². The Hall–Kier alpha value is -1.92. The Morgan fingerprint density at radius 2 is 1.58 bits per heavy atom. The molecule has 5 nitrogen and oxygen atoms in total. The van der Waals surface area contributed by atoms with Gasteiger partial charge in [-0.15, -0.1) is 0 Å². The van der Waals surface area contributed by atoms with Crippen LogP contribution < -0.4 is 0 Å². The Kier molecular flexibility index (Phi) is 8.43. The molecule has 1 N–H and O–H groups in total. The number of pyridine rings is 2. The molecule has 0 saturated heterocycles. The minimum Gasteiger partial charge on any atom is -0.281 e. The van der Waals surface area contributed by atoms with Crippen LogP contribution in [0, 0.1) is 6.07 Å². The molecule has 0 spiro atoms. The second kappa shape index (κ2) is 10.1. The van der Waals surface area contributed by atoms with Gasteiger partial charge in [0.15, 0.2) is 5.03 Å². The van der Waals surface area contributed by atoms with Gasteiger partial charge in [0.25, 0.3) is 0 Å². The fourth-order valence-corrected chi connectivity index (χ4v) is 2.18. The average molecular weight is 520 g/mol. The zero-order valence-electron chi connectivity index (χ0n) is 12.5. The van der Waals surface area contributed by atoms with E-state index in [1.54, 1.807) is 6.07 Å². The summed E-state index contributed by atoms with van der Waals surface area (Å²) in [5, 5.41) is -0.324. The van der Waals surface area contributed by atoms with Crippen molar-refractivity contribution in [2.24, 2.45) is 0 Å². The molecule has 1 aromatic carbocycles. The van der Waals surface area contributed by atoms with Gasteiger partial charge < -0.3 is 0 Å². The maximum Gasteiger partial charge on any atom is 0.312 e. The van der Waals surface area contributed by atoms with E-state index < -0.39 is 10.1 Å². The third-order valence-corrected chi connectivity index (χ3v) is 3.54. The number of hydrogen-bond acceptors (Lipinski definition) is 4. The van der Waals surface area contributed by atoms with Gasteiger partial charge in [-0.25, -0.2) is 4.98 Å². The Labute approximate surface area is 154 Å². The molecule has 0 unspecified atom stereocenters. The summed E-state index contributed by atoms with van der Waals surface area (Å²) < 4.78 is 29.1. The molecule has 0 aliphatic heterocycles. The third kappa shape index (κ3) is 7.10. The summed E-state index contributed by atoms with van der Waals surface area (Å²) in [4.78, 5) is 7.67. The molecule has 127 valence electrons. The van der Waals surface area contributed by atoms with Crippen LogP contribution >= 0.6 is 0 Å². The summed E-state index contributed by atoms with van der Waals surface area (Å²) in [5.41, 5.74) is 2.27. The van der Waals surface area contributed by atoms with Gasteiger partial charge in [0.2, 0.25) is 0 Å². The van der Waals surface area contributed by atoms with Gasteiger partial charge in [-0.05, 0) is 30.7 Å². The Bertz CT molecular complexity index is 777. The van der Waals surface area contributed by atoms with Crippen molar-refractivity contribution < 1.29 is 33.1 Å². The molecule has 0 amide bonds. The zero-order valence-corrected chi connectivity index (χ0v) is 15.7. The molecule has 0 fully saturated rings. The van der Waals surface area contributed by atoms with E-state index in [1.165, 1.54) is 23.9 Å². The first-order valence-electron chi connectivity index (χ1n) is 6.80. The van der Waals surface area contributed by atoms with Crippen LogP contribution in [0.2, 0.25) is 0 Å². The molecular formula is C17H15IrN2O3S-. The molecule has 2 heterocycles. The van der Waals surface area contributed by atoms with Crippen molar-refractivity contribution in [3.05, 3.63) is 90.4 Å². The van der Waals surface area contributed by atoms with Gasteiger partial charge >= 0.3 is 10.1 Å². The number of hydrogen-bond donors (Lipinski definition) is 1.